The highest BCUT2D eigenvalue weighted by atomic mass is 28.3. The Morgan fingerprint density at radius 2 is 0.934 bits per heavy atom. The zero-order valence-electron chi connectivity index (χ0n) is 34.0. The first-order chi connectivity index (χ1) is 29.9. The number of aromatic nitrogens is 1. The first-order valence-corrected chi connectivity index (χ1v) is 23.9. The van der Waals surface area contributed by atoms with Crippen molar-refractivity contribution in [3.05, 3.63) is 217 Å². The maximum atomic E-state index is 15.1. The summed E-state index contributed by atoms with van der Waals surface area (Å²) in [6, 6.07) is 68.0. The molecule has 0 spiro atoms. The normalized spacial score (nSPS) is 12.9. The zero-order valence-corrected chi connectivity index (χ0v) is 35.0. The summed E-state index contributed by atoms with van der Waals surface area (Å²) in [5.74, 6) is 0.673. The lowest BCUT2D eigenvalue weighted by molar-refractivity contribution is 0.640. The van der Waals surface area contributed by atoms with Crippen molar-refractivity contribution in [2.24, 2.45) is 0 Å². The van der Waals surface area contributed by atoms with Crippen molar-refractivity contribution >= 4 is 80.1 Å². The third kappa shape index (κ3) is 6.18. The van der Waals surface area contributed by atoms with E-state index in [0.29, 0.717) is 5.39 Å². The molecule has 2 heterocycles. The topological polar surface area (TPSA) is 16.1 Å². The molecule has 0 saturated heterocycles. The van der Waals surface area contributed by atoms with E-state index in [2.05, 4.69) is 176 Å². The molecule has 9 aromatic carbocycles. The van der Waals surface area contributed by atoms with Crippen LogP contribution in [0, 0.1) is 5.82 Å². The Morgan fingerprint density at radius 1 is 0.443 bits per heavy atom. The van der Waals surface area contributed by atoms with Crippen molar-refractivity contribution in [2.45, 2.75) is 13.1 Å². The highest BCUT2D eigenvalue weighted by Crippen LogP contribution is 2.46. The number of fused-ring (bicyclic) bond motifs is 6. The van der Waals surface area contributed by atoms with Gasteiger partial charge in [-0.2, -0.15) is 0 Å². The quantitative estimate of drug-likeness (QED) is 0.118. The maximum absolute atomic E-state index is 15.1. The predicted molar refractivity (Wildman–Crippen MR) is 260 cm³/mol. The maximum Gasteiger partial charge on any atom is 0.137 e. The smallest absolute Gasteiger partial charge is 0.137 e. The minimum Gasteiger partial charge on any atom is -0.295 e. The summed E-state index contributed by atoms with van der Waals surface area (Å²) in [6.45, 7) is 4.98. The van der Waals surface area contributed by atoms with E-state index in [4.69, 9.17) is 4.98 Å². The lowest BCUT2D eigenvalue weighted by Crippen LogP contribution is -2.49. The van der Waals surface area contributed by atoms with Crippen LogP contribution in [0.5, 0.6) is 0 Å². The van der Waals surface area contributed by atoms with Crippen LogP contribution in [0.4, 0.5) is 21.6 Å². The van der Waals surface area contributed by atoms with Gasteiger partial charge in [-0.15, -0.1) is 0 Å². The van der Waals surface area contributed by atoms with E-state index in [9.17, 15) is 0 Å². The van der Waals surface area contributed by atoms with E-state index in [1.54, 1.807) is 6.07 Å². The number of halogens is 1. The summed E-state index contributed by atoms with van der Waals surface area (Å²) in [5.41, 5.74) is 11.7. The van der Waals surface area contributed by atoms with Gasteiger partial charge in [0.2, 0.25) is 0 Å². The number of para-hydroxylation sites is 2. The molecule has 1 aliphatic heterocycles. The van der Waals surface area contributed by atoms with Crippen molar-refractivity contribution in [3.63, 3.8) is 0 Å². The minimum atomic E-state index is -2.09. The van der Waals surface area contributed by atoms with Gasteiger partial charge in [0.1, 0.15) is 19.7 Å². The SMILES string of the molecule is C[Si]1(C)c2cc(/C=C/c3ccc(N(c4ccccc4)c4ccccc4)nc3)ccc2-c2ccc(-c3c4ccccc4c(-c4ccc(F)c5ccccc45)c4ccccc34)cc21. The summed E-state index contributed by atoms with van der Waals surface area (Å²) in [7, 11) is -2.09. The second-order valence-corrected chi connectivity index (χ2v) is 20.8. The molecule has 0 N–H and O–H groups in total. The number of nitrogens with zero attached hydrogens (tertiary/aromatic N) is 2. The van der Waals surface area contributed by atoms with Crippen LogP contribution in [-0.4, -0.2) is 13.1 Å². The average Bonchev–Trinajstić information content (AvgIpc) is 3.53. The fourth-order valence-electron chi connectivity index (χ4n) is 9.61. The number of anilines is 3. The van der Waals surface area contributed by atoms with Crippen LogP contribution in [0.15, 0.2) is 200 Å². The average molecular weight is 801 g/mol. The van der Waals surface area contributed by atoms with Crippen LogP contribution in [0.1, 0.15) is 11.1 Å². The Morgan fingerprint density at radius 3 is 1.54 bits per heavy atom. The largest absolute Gasteiger partial charge is 0.295 e. The molecule has 11 rings (SSSR count). The van der Waals surface area contributed by atoms with Gasteiger partial charge in [-0.3, -0.25) is 4.90 Å². The first-order valence-electron chi connectivity index (χ1n) is 20.9. The molecular weight excluding hydrogens is 760 g/mol. The molecule has 0 unspecified atom stereocenters. The Hall–Kier alpha value is -7.40. The molecule has 1 aliphatic rings. The Labute approximate surface area is 356 Å². The third-order valence-corrected chi connectivity index (χ3v) is 16.1. The second-order valence-electron chi connectivity index (χ2n) is 16.5. The molecule has 2 nitrogen and oxygen atoms in total. The van der Waals surface area contributed by atoms with Gasteiger partial charge in [0.25, 0.3) is 0 Å². The van der Waals surface area contributed by atoms with Crippen LogP contribution in [-0.2, 0) is 0 Å². The number of pyridine rings is 1. The van der Waals surface area contributed by atoms with Gasteiger partial charge in [0.15, 0.2) is 0 Å². The fraction of sp³-hybridized carbons (Fsp3) is 0.0351. The van der Waals surface area contributed by atoms with Crippen molar-refractivity contribution in [3.8, 4) is 33.4 Å². The molecule has 4 heteroatoms. The number of benzene rings is 9. The van der Waals surface area contributed by atoms with Gasteiger partial charge in [-0.05, 0) is 124 Å². The van der Waals surface area contributed by atoms with Crippen LogP contribution in [0.2, 0.25) is 13.1 Å². The van der Waals surface area contributed by atoms with Crippen LogP contribution < -0.4 is 15.3 Å². The second kappa shape index (κ2) is 14.7. The Balaban J connectivity index is 0.947. The number of rotatable bonds is 7. The van der Waals surface area contributed by atoms with E-state index >= 15 is 4.39 Å². The summed E-state index contributed by atoms with van der Waals surface area (Å²) < 4.78 is 15.1. The molecule has 0 radical (unpaired) electrons. The van der Waals surface area contributed by atoms with E-state index in [0.717, 1.165) is 39.3 Å². The molecule has 0 aliphatic carbocycles. The molecule has 0 atom stereocenters. The highest BCUT2D eigenvalue weighted by Gasteiger charge is 2.38. The molecule has 0 fully saturated rings. The number of hydrogen-bond donors (Lipinski definition) is 0. The lowest BCUT2D eigenvalue weighted by Gasteiger charge is -2.24. The fourth-order valence-corrected chi connectivity index (χ4v) is 12.7. The Bertz CT molecular complexity index is 3240. The van der Waals surface area contributed by atoms with E-state index in [1.165, 1.54) is 59.7 Å². The van der Waals surface area contributed by atoms with E-state index in [-0.39, 0.29) is 5.82 Å². The molecule has 1 aromatic heterocycles. The summed E-state index contributed by atoms with van der Waals surface area (Å²) >= 11 is 0. The van der Waals surface area contributed by atoms with Gasteiger partial charge in [-0.1, -0.05) is 177 Å². The van der Waals surface area contributed by atoms with Gasteiger partial charge >= 0.3 is 0 Å². The van der Waals surface area contributed by atoms with Crippen molar-refractivity contribution in [2.75, 3.05) is 4.90 Å². The van der Waals surface area contributed by atoms with Crippen molar-refractivity contribution in [1.82, 2.24) is 4.98 Å². The lowest BCUT2D eigenvalue weighted by atomic mass is 9.84. The van der Waals surface area contributed by atoms with Gasteiger partial charge in [0, 0.05) is 23.0 Å². The molecule has 0 bridgehead atoms. The number of hydrogen-bond acceptors (Lipinski definition) is 2. The minimum absolute atomic E-state index is 0.198. The standard InChI is InChI=1S/C57H41FN2Si/c1-61(2)53-35-38(25-26-39-28-34-55(59-37-39)60(41-15-5-3-6-16-41)42-17-7-4-8-18-42)27-30-45(53)46-31-29-40(36-54(46)61)56-47-21-11-13-23-49(47)57(50-24-14-12-22-48(50)56)51-32-33-52(58)44-20-10-9-19-43(44)51/h3-37H,1-2H3/b26-25+. The molecule has 61 heavy (non-hydrogen) atoms. The van der Waals surface area contributed by atoms with Gasteiger partial charge < -0.3 is 0 Å². The Kier molecular flexibility index (Phi) is 8.83. The molecule has 10 aromatic rings. The monoisotopic (exact) mass is 800 g/mol. The van der Waals surface area contributed by atoms with Crippen molar-refractivity contribution in [1.29, 1.82) is 0 Å². The molecule has 0 saturated carbocycles. The summed E-state index contributed by atoms with van der Waals surface area (Å²) in [4.78, 5) is 7.11. The van der Waals surface area contributed by atoms with E-state index in [1.807, 2.05) is 48.7 Å². The van der Waals surface area contributed by atoms with Crippen LogP contribution in [0.25, 0.3) is 77.9 Å². The molecular formula is C57H41FN2Si. The predicted octanol–water partition coefficient (Wildman–Crippen LogP) is 14.5. The zero-order chi connectivity index (χ0) is 41.1. The summed E-state index contributed by atoms with van der Waals surface area (Å²) in [5, 5.41) is 9.21. The van der Waals surface area contributed by atoms with Gasteiger partial charge in [0.05, 0.1) is 0 Å². The van der Waals surface area contributed by atoms with Crippen LogP contribution >= 0.6 is 0 Å². The highest BCUT2D eigenvalue weighted by molar-refractivity contribution is 7.03. The van der Waals surface area contributed by atoms with Gasteiger partial charge in [-0.25, -0.2) is 9.37 Å². The van der Waals surface area contributed by atoms with Crippen molar-refractivity contribution < 1.29 is 4.39 Å². The van der Waals surface area contributed by atoms with Crippen LogP contribution in [0.3, 0.4) is 0 Å². The first kappa shape index (κ1) is 36.7. The summed E-state index contributed by atoms with van der Waals surface area (Å²) in [6.07, 6.45) is 6.33. The van der Waals surface area contributed by atoms with E-state index < -0.39 is 8.07 Å². The molecule has 290 valence electrons. The third-order valence-electron chi connectivity index (χ3n) is 12.6. The molecule has 0 amide bonds.